The van der Waals surface area contributed by atoms with Gasteiger partial charge in [-0.2, -0.15) is 0 Å². The summed E-state index contributed by atoms with van der Waals surface area (Å²) >= 11 is 0. The first-order valence-corrected chi connectivity index (χ1v) is 8.01. The minimum Gasteiger partial charge on any atom is -0.362 e. The SMILES string of the molecule is C=CCN(c1ccc(C(CC)NCCC)nc1)C(C)(C)C. The monoisotopic (exact) mass is 289 g/mol. The molecule has 0 aliphatic carbocycles. The molecule has 0 aliphatic rings. The predicted molar refractivity (Wildman–Crippen MR) is 92.9 cm³/mol. The average molecular weight is 289 g/mol. The quantitative estimate of drug-likeness (QED) is 0.722. The maximum absolute atomic E-state index is 4.68. The van der Waals surface area contributed by atoms with E-state index < -0.39 is 0 Å². The van der Waals surface area contributed by atoms with E-state index in [-0.39, 0.29) is 5.54 Å². The number of pyridine rings is 1. The molecule has 0 aromatic carbocycles. The lowest BCUT2D eigenvalue weighted by Gasteiger charge is -2.37. The summed E-state index contributed by atoms with van der Waals surface area (Å²) in [5.41, 5.74) is 2.33. The van der Waals surface area contributed by atoms with Gasteiger partial charge in [0.15, 0.2) is 0 Å². The third kappa shape index (κ3) is 5.16. The highest BCUT2D eigenvalue weighted by molar-refractivity contribution is 5.48. The summed E-state index contributed by atoms with van der Waals surface area (Å²) in [6.07, 6.45) is 6.13. The molecule has 118 valence electrons. The maximum atomic E-state index is 4.68. The van der Waals surface area contributed by atoms with Crippen LogP contribution in [-0.4, -0.2) is 23.6 Å². The standard InChI is InChI=1S/C18H31N3/c1-7-12-19-16(9-3)17-11-10-15(14-20-17)21(13-8-2)18(4,5)6/h8,10-11,14,16,19H,2,7,9,12-13H2,1,3-6H3. The zero-order valence-corrected chi connectivity index (χ0v) is 14.3. The molecule has 1 aromatic heterocycles. The molecule has 1 unspecified atom stereocenters. The van der Waals surface area contributed by atoms with Gasteiger partial charge in [0.1, 0.15) is 0 Å². The molecule has 1 rings (SSSR count). The van der Waals surface area contributed by atoms with Crippen molar-refractivity contribution in [3.8, 4) is 0 Å². The fourth-order valence-corrected chi connectivity index (χ4v) is 2.44. The molecule has 0 fully saturated rings. The molecule has 1 N–H and O–H groups in total. The van der Waals surface area contributed by atoms with Crippen molar-refractivity contribution in [2.75, 3.05) is 18.0 Å². The minimum absolute atomic E-state index is 0.0575. The highest BCUT2D eigenvalue weighted by Gasteiger charge is 2.21. The van der Waals surface area contributed by atoms with Crippen LogP contribution >= 0.6 is 0 Å². The number of rotatable bonds is 8. The van der Waals surface area contributed by atoms with Crippen molar-refractivity contribution in [3.63, 3.8) is 0 Å². The van der Waals surface area contributed by atoms with Crippen LogP contribution in [0.5, 0.6) is 0 Å². The summed E-state index contributed by atoms with van der Waals surface area (Å²) in [4.78, 5) is 7.00. The van der Waals surface area contributed by atoms with Gasteiger partial charge in [0.25, 0.3) is 0 Å². The summed E-state index contributed by atoms with van der Waals surface area (Å²) < 4.78 is 0. The number of anilines is 1. The molecule has 21 heavy (non-hydrogen) atoms. The predicted octanol–water partition coefficient (Wildman–Crippen LogP) is 4.32. The second kappa shape index (κ2) is 8.18. The zero-order chi connectivity index (χ0) is 15.9. The largest absolute Gasteiger partial charge is 0.362 e. The second-order valence-electron chi connectivity index (χ2n) is 6.43. The van der Waals surface area contributed by atoms with Crippen LogP contribution in [0, 0.1) is 0 Å². The number of hydrogen-bond acceptors (Lipinski definition) is 3. The molecule has 0 amide bonds. The number of nitrogens with zero attached hydrogens (tertiary/aromatic N) is 2. The van der Waals surface area contributed by atoms with Crippen molar-refractivity contribution in [1.82, 2.24) is 10.3 Å². The van der Waals surface area contributed by atoms with E-state index in [1.54, 1.807) is 0 Å². The third-order valence-electron chi connectivity index (χ3n) is 3.61. The Labute approximate surface area is 130 Å². The van der Waals surface area contributed by atoms with Crippen molar-refractivity contribution < 1.29 is 0 Å². The van der Waals surface area contributed by atoms with E-state index in [0.717, 1.165) is 37.3 Å². The second-order valence-corrected chi connectivity index (χ2v) is 6.43. The van der Waals surface area contributed by atoms with Crippen molar-refractivity contribution in [1.29, 1.82) is 0 Å². The Kier molecular flexibility index (Phi) is 6.90. The molecule has 0 bridgehead atoms. The average Bonchev–Trinajstić information content (AvgIpc) is 2.45. The summed E-state index contributed by atoms with van der Waals surface area (Å²) in [5.74, 6) is 0. The van der Waals surface area contributed by atoms with E-state index >= 15 is 0 Å². The smallest absolute Gasteiger partial charge is 0.0574 e. The Morgan fingerprint density at radius 1 is 1.33 bits per heavy atom. The summed E-state index contributed by atoms with van der Waals surface area (Å²) in [7, 11) is 0. The van der Waals surface area contributed by atoms with Crippen LogP contribution < -0.4 is 10.2 Å². The number of hydrogen-bond donors (Lipinski definition) is 1. The van der Waals surface area contributed by atoms with Crippen LogP contribution in [-0.2, 0) is 0 Å². The van der Waals surface area contributed by atoms with Gasteiger partial charge in [0, 0.05) is 18.1 Å². The van der Waals surface area contributed by atoms with Gasteiger partial charge in [-0.05, 0) is 52.3 Å². The summed E-state index contributed by atoms with van der Waals surface area (Å²) in [6, 6.07) is 4.67. The molecular formula is C18H31N3. The van der Waals surface area contributed by atoms with Crippen LogP contribution in [0.3, 0.4) is 0 Å². The number of aromatic nitrogens is 1. The molecule has 3 heteroatoms. The Balaban J connectivity index is 2.91. The zero-order valence-electron chi connectivity index (χ0n) is 14.3. The fraction of sp³-hybridized carbons (Fsp3) is 0.611. The molecule has 0 saturated heterocycles. The molecule has 0 aliphatic heterocycles. The number of nitrogens with one attached hydrogen (secondary N) is 1. The van der Waals surface area contributed by atoms with Crippen molar-refractivity contribution in [2.24, 2.45) is 0 Å². The summed E-state index contributed by atoms with van der Waals surface area (Å²) in [5, 5.41) is 3.55. The third-order valence-corrected chi connectivity index (χ3v) is 3.61. The molecule has 0 spiro atoms. The first-order valence-electron chi connectivity index (χ1n) is 8.01. The van der Waals surface area contributed by atoms with Crippen molar-refractivity contribution >= 4 is 5.69 Å². The molecule has 1 heterocycles. The normalized spacial score (nSPS) is 13.0. The maximum Gasteiger partial charge on any atom is 0.0574 e. The topological polar surface area (TPSA) is 28.2 Å². The van der Waals surface area contributed by atoms with Gasteiger partial charge in [0.2, 0.25) is 0 Å². The fourth-order valence-electron chi connectivity index (χ4n) is 2.44. The van der Waals surface area contributed by atoms with E-state index in [0.29, 0.717) is 6.04 Å². The summed E-state index contributed by atoms with van der Waals surface area (Å²) in [6.45, 7) is 16.7. The molecule has 3 nitrogen and oxygen atoms in total. The van der Waals surface area contributed by atoms with Crippen LogP contribution in [0.25, 0.3) is 0 Å². The lowest BCUT2D eigenvalue weighted by atomic mass is 10.0. The van der Waals surface area contributed by atoms with Gasteiger partial charge in [-0.15, -0.1) is 6.58 Å². The minimum atomic E-state index is 0.0575. The lowest BCUT2D eigenvalue weighted by molar-refractivity contribution is 0.504. The Morgan fingerprint density at radius 3 is 2.48 bits per heavy atom. The van der Waals surface area contributed by atoms with Gasteiger partial charge in [0.05, 0.1) is 17.6 Å². The highest BCUT2D eigenvalue weighted by atomic mass is 15.2. The van der Waals surface area contributed by atoms with Crippen LogP contribution in [0.1, 0.15) is 59.2 Å². The molecule has 1 atom stereocenters. The van der Waals surface area contributed by atoms with E-state index in [1.807, 2.05) is 12.3 Å². The van der Waals surface area contributed by atoms with Crippen molar-refractivity contribution in [2.45, 2.75) is 59.0 Å². The van der Waals surface area contributed by atoms with E-state index in [9.17, 15) is 0 Å². The van der Waals surface area contributed by atoms with Gasteiger partial charge in [-0.25, -0.2) is 0 Å². The van der Waals surface area contributed by atoms with E-state index in [2.05, 4.69) is 68.5 Å². The molecule has 0 saturated carbocycles. The van der Waals surface area contributed by atoms with Gasteiger partial charge < -0.3 is 10.2 Å². The first kappa shape index (κ1) is 17.7. The van der Waals surface area contributed by atoms with E-state index in [1.165, 1.54) is 0 Å². The van der Waals surface area contributed by atoms with Crippen LogP contribution in [0.2, 0.25) is 0 Å². The lowest BCUT2D eigenvalue weighted by Crippen LogP contribution is -2.41. The van der Waals surface area contributed by atoms with Gasteiger partial charge in [-0.3, -0.25) is 4.98 Å². The molecular weight excluding hydrogens is 258 g/mol. The van der Waals surface area contributed by atoms with Crippen molar-refractivity contribution in [3.05, 3.63) is 36.7 Å². The van der Waals surface area contributed by atoms with Gasteiger partial charge >= 0.3 is 0 Å². The highest BCUT2D eigenvalue weighted by Crippen LogP contribution is 2.24. The Morgan fingerprint density at radius 2 is 2.05 bits per heavy atom. The first-order chi connectivity index (χ1) is 9.93. The van der Waals surface area contributed by atoms with Crippen LogP contribution in [0.15, 0.2) is 31.0 Å². The molecule has 1 aromatic rings. The van der Waals surface area contributed by atoms with Crippen LogP contribution in [0.4, 0.5) is 5.69 Å². The van der Waals surface area contributed by atoms with Gasteiger partial charge in [-0.1, -0.05) is 19.9 Å². The Bertz CT molecular complexity index is 417. The Hall–Kier alpha value is -1.35. The van der Waals surface area contributed by atoms with E-state index in [4.69, 9.17) is 0 Å². The molecule has 0 radical (unpaired) electrons.